The number of aromatic amines is 1. The van der Waals surface area contributed by atoms with Crippen molar-refractivity contribution >= 4 is 45.3 Å². The van der Waals surface area contributed by atoms with Gasteiger partial charge < -0.3 is 29.5 Å². The number of carbonyl (C=O) groups excluding carboxylic acids is 1. The normalized spacial score (nSPS) is 24.9. The van der Waals surface area contributed by atoms with Crippen LogP contribution in [0.15, 0.2) is 24.5 Å². The molecule has 6 heterocycles. The molecule has 3 atom stereocenters. The van der Waals surface area contributed by atoms with Gasteiger partial charge in [0, 0.05) is 48.2 Å². The van der Waals surface area contributed by atoms with Crippen LogP contribution in [-0.4, -0.2) is 118 Å². The number of benzene rings is 1. The average molecular weight is 673 g/mol. The minimum Gasteiger partial charge on any atom is -0.461 e. The summed E-state index contributed by atoms with van der Waals surface area (Å²) >= 11 is 6.37. The Labute approximate surface area is 273 Å². The highest BCUT2D eigenvalue weighted by Gasteiger charge is 2.49. The second kappa shape index (κ2) is 12.6. The molecule has 4 aromatic rings. The zero-order valence-electron chi connectivity index (χ0n) is 25.8. The van der Waals surface area contributed by atoms with E-state index in [0.717, 1.165) is 19.4 Å². The van der Waals surface area contributed by atoms with Gasteiger partial charge in [-0.3, -0.25) is 15.0 Å². The molecule has 3 aromatic heterocycles. The van der Waals surface area contributed by atoms with E-state index < -0.39 is 29.2 Å². The fourth-order valence-electron chi connectivity index (χ4n) is 7.07. The Balaban J connectivity index is 1.30. The molecule has 3 fully saturated rings. The molecule has 13 nitrogen and oxygen atoms in total. The molecule has 3 aliphatic rings. The van der Waals surface area contributed by atoms with Crippen LogP contribution in [0.25, 0.3) is 33.1 Å². The number of halogens is 3. The maximum atomic E-state index is 16.7. The lowest BCUT2D eigenvalue weighted by Gasteiger charge is -2.33. The largest absolute Gasteiger partial charge is 0.461 e. The summed E-state index contributed by atoms with van der Waals surface area (Å²) in [6.45, 7) is 3.64. The van der Waals surface area contributed by atoms with Crippen molar-refractivity contribution in [3.05, 3.63) is 35.4 Å². The van der Waals surface area contributed by atoms with Crippen molar-refractivity contribution in [1.29, 1.82) is 0 Å². The molecule has 1 amide bonds. The van der Waals surface area contributed by atoms with Crippen LogP contribution in [0.3, 0.4) is 0 Å². The molecule has 47 heavy (non-hydrogen) atoms. The molecule has 250 valence electrons. The number of alkyl halides is 1. The summed E-state index contributed by atoms with van der Waals surface area (Å²) in [7, 11) is 0. The Hall–Kier alpha value is -3.92. The number of aromatic nitrogens is 5. The molecule has 0 unspecified atom stereocenters. The van der Waals surface area contributed by atoms with Gasteiger partial charge in [0.15, 0.2) is 5.82 Å². The highest BCUT2D eigenvalue weighted by Crippen LogP contribution is 2.41. The van der Waals surface area contributed by atoms with E-state index in [1.54, 1.807) is 25.3 Å². The molecule has 0 aliphatic carbocycles. The van der Waals surface area contributed by atoms with E-state index in [-0.39, 0.29) is 56.8 Å². The Morgan fingerprint density at radius 2 is 2.15 bits per heavy atom. The predicted molar refractivity (Wildman–Crippen MR) is 169 cm³/mol. The van der Waals surface area contributed by atoms with Crippen molar-refractivity contribution in [3.8, 4) is 17.3 Å². The van der Waals surface area contributed by atoms with Crippen LogP contribution >= 0.6 is 11.6 Å². The molecule has 7 rings (SSSR count). The van der Waals surface area contributed by atoms with Crippen LogP contribution in [0.5, 0.6) is 6.01 Å². The van der Waals surface area contributed by atoms with Crippen LogP contribution in [0.2, 0.25) is 5.02 Å². The lowest BCUT2D eigenvalue weighted by atomic mass is 9.95. The van der Waals surface area contributed by atoms with Crippen LogP contribution in [0.1, 0.15) is 26.2 Å². The molecule has 3 N–H and O–H groups in total. The fourth-order valence-corrected chi connectivity index (χ4v) is 7.29. The maximum Gasteiger partial charge on any atom is 0.407 e. The van der Waals surface area contributed by atoms with Gasteiger partial charge in [-0.05, 0) is 38.4 Å². The van der Waals surface area contributed by atoms with Crippen LogP contribution < -0.4 is 15.0 Å². The third-order valence-corrected chi connectivity index (χ3v) is 9.37. The lowest BCUT2D eigenvalue weighted by molar-refractivity contribution is 0.0806. The van der Waals surface area contributed by atoms with Crippen molar-refractivity contribution < 1.29 is 32.9 Å². The minimum absolute atomic E-state index is 0.0237. The van der Waals surface area contributed by atoms with Crippen molar-refractivity contribution in [2.24, 2.45) is 0 Å². The first-order valence-corrected chi connectivity index (χ1v) is 15.9. The van der Waals surface area contributed by atoms with Gasteiger partial charge >= 0.3 is 12.1 Å². The van der Waals surface area contributed by atoms with Gasteiger partial charge in [0.05, 0.1) is 48.0 Å². The summed E-state index contributed by atoms with van der Waals surface area (Å²) in [6.07, 6.45) is 3.50. The summed E-state index contributed by atoms with van der Waals surface area (Å²) in [5.74, 6) is -0.369. The molecular formula is C31H35ClF2N8O5. The second-order valence-electron chi connectivity index (χ2n) is 12.7. The summed E-state index contributed by atoms with van der Waals surface area (Å²) in [6, 6.07) is 3.26. The Morgan fingerprint density at radius 1 is 1.28 bits per heavy atom. The lowest BCUT2D eigenvalue weighted by Crippen LogP contribution is -2.55. The van der Waals surface area contributed by atoms with Crippen molar-refractivity contribution in [1.82, 2.24) is 35.4 Å². The zero-order valence-corrected chi connectivity index (χ0v) is 26.5. The Morgan fingerprint density at radius 3 is 3.00 bits per heavy atom. The summed E-state index contributed by atoms with van der Waals surface area (Å²) in [5, 5.41) is 20.2. The number of anilines is 1. The quantitative estimate of drug-likeness (QED) is 0.252. The van der Waals surface area contributed by atoms with E-state index in [1.807, 2.05) is 4.90 Å². The van der Waals surface area contributed by atoms with E-state index in [0.29, 0.717) is 52.2 Å². The fraction of sp³-hybridized carbons (Fsp3) is 0.516. The van der Waals surface area contributed by atoms with Gasteiger partial charge in [-0.25, -0.2) is 13.6 Å². The number of hydrogen-bond donors (Lipinski definition) is 3. The van der Waals surface area contributed by atoms with Gasteiger partial charge in [0.25, 0.3) is 0 Å². The number of pyridine rings is 1. The summed E-state index contributed by atoms with van der Waals surface area (Å²) in [5.41, 5.74) is -0.352. The number of hydrogen-bond acceptors (Lipinski definition) is 11. The summed E-state index contributed by atoms with van der Waals surface area (Å²) in [4.78, 5) is 30.3. The first-order valence-electron chi connectivity index (χ1n) is 15.6. The highest BCUT2D eigenvalue weighted by molar-refractivity contribution is 6.31. The van der Waals surface area contributed by atoms with Crippen molar-refractivity contribution in [2.75, 3.05) is 64.1 Å². The molecule has 0 spiro atoms. The highest BCUT2D eigenvalue weighted by atomic mass is 35.5. The van der Waals surface area contributed by atoms with Gasteiger partial charge in [-0.1, -0.05) is 11.6 Å². The first-order chi connectivity index (χ1) is 22.7. The number of amides is 1. The number of nitrogens with zero attached hydrogens (tertiary/aromatic N) is 6. The van der Waals surface area contributed by atoms with E-state index in [1.165, 1.54) is 6.20 Å². The number of H-pyrrole nitrogens is 1. The minimum atomic E-state index is -0.943. The van der Waals surface area contributed by atoms with Gasteiger partial charge in [-0.2, -0.15) is 15.1 Å². The third-order valence-electron chi connectivity index (χ3n) is 9.15. The summed E-state index contributed by atoms with van der Waals surface area (Å²) < 4.78 is 48.3. The smallest absolute Gasteiger partial charge is 0.407 e. The van der Waals surface area contributed by atoms with E-state index in [2.05, 4.69) is 30.4 Å². The van der Waals surface area contributed by atoms with E-state index in [9.17, 15) is 9.18 Å². The monoisotopic (exact) mass is 672 g/mol. The van der Waals surface area contributed by atoms with Crippen LogP contribution in [0.4, 0.5) is 19.4 Å². The number of rotatable bonds is 8. The van der Waals surface area contributed by atoms with Crippen LogP contribution in [-0.2, 0) is 9.47 Å². The zero-order chi connectivity index (χ0) is 32.8. The number of fused-ring (bicyclic) bond motifs is 3. The molecule has 0 radical (unpaired) electrons. The Kier molecular flexibility index (Phi) is 8.49. The average Bonchev–Trinajstić information content (AvgIpc) is 3.70. The third kappa shape index (κ3) is 6.12. The molecule has 3 saturated heterocycles. The topological polar surface area (TPSA) is 151 Å². The van der Waals surface area contributed by atoms with Crippen LogP contribution in [0, 0.1) is 5.82 Å². The van der Waals surface area contributed by atoms with E-state index in [4.69, 9.17) is 35.9 Å². The standard InChI is InChI=1S/C31H35ClF2N8O5/c1-30(39-29(44)46-8-6-43)15-41(5-7-45-16-30)27-22-12-35-25(20-9-18(32)10-23-21(20)13-36-40-23)24(34)26(22)37-28(38-27)47-17-31-3-2-4-42(31)14-19(33)11-31/h9-10,12-13,19,43H,2-8,11,14-17H2,1H3,(H,36,40)(H,39,44)/t19-,30-,31+/m1/s1. The number of aliphatic hydroxyl groups excluding tert-OH is 1. The predicted octanol–water partition coefficient (Wildman–Crippen LogP) is 3.63. The molecule has 3 aliphatic heterocycles. The van der Waals surface area contributed by atoms with Crippen molar-refractivity contribution in [3.63, 3.8) is 0 Å². The SMILES string of the molecule is C[C@]1(NC(=O)OCCO)COCCN(c2nc(OC[C@@]34CCCN3C[C@H](F)C4)nc3c(F)c(-c4cc(Cl)cc5[nH]ncc45)ncc23)C1. The number of carbonyl (C=O) groups is 1. The van der Waals surface area contributed by atoms with Crippen molar-refractivity contribution in [2.45, 2.75) is 43.4 Å². The van der Waals surface area contributed by atoms with Gasteiger partial charge in [0.1, 0.15) is 36.4 Å². The molecule has 0 bridgehead atoms. The van der Waals surface area contributed by atoms with Gasteiger partial charge in [0.2, 0.25) is 0 Å². The Bertz CT molecular complexity index is 1810. The van der Waals surface area contributed by atoms with E-state index >= 15 is 4.39 Å². The number of alkyl carbamates (subject to hydrolysis) is 1. The molecule has 0 saturated carbocycles. The molecule has 1 aromatic carbocycles. The van der Waals surface area contributed by atoms with Gasteiger partial charge in [-0.15, -0.1) is 0 Å². The number of nitrogens with one attached hydrogen (secondary N) is 2. The molecular weight excluding hydrogens is 638 g/mol. The maximum absolute atomic E-state index is 16.7. The first kappa shape index (κ1) is 31.7. The molecule has 16 heteroatoms. The second-order valence-corrected chi connectivity index (χ2v) is 13.1. The number of aliphatic hydroxyl groups is 1. The number of ether oxygens (including phenoxy) is 3.